The summed E-state index contributed by atoms with van der Waals surface area (Å²) in [5.74, 6) is 2.60. The van der Waals surface area contributed by atoms with Crippen molar-refractivity contribution in [3.8, 4) is 0 Å². The number of nitrogens with zero attached hydrogens (tertiary/aromatic N) is 1. The summed E-state index contributed by atoms with van der Waals surface area (Å²) in [7, 11) is 3.49. The first kappa shape index (κ1) is 19.0. The van der Waals surface area contributed by atoms with Crippen LogP contribution in [0.3, 0.4) is 0 Å². The molecule has 3 aliphatic carbocycles. The fraction of sp³-hybridized carbons (Fsp3) is 0.826. The van der Waals surface area contributed by atoms with Crippen LogP contribution in [0.25, 0.3) is 0 Å². The lowest BCUT2D eigenvalue weighted by molar-refractivity contribution is -0.151. The second-order valence-corrected chi connectivity index (χ2v) is 10.2. The summed E-state index contributed by atoms with van der Waals surface area (Å²) in [5.41, 5.74) is 0.344. The lowest BCUT2D eigenvalue weighted by atomic mass is 9.47. The van der Waals surface area contributed by atoms with E-state index in [0.29, 0.717) is 29.7 Å². The quantitative estimate of drug-likeness (QED) is 0.686. The predicted molar refractivity (Wildman–Crippen MR) is 105 cm³/mol. The van der Waals surface area contributed by atoms with E-state index in [1.54, 1.807) is 0 Å². The zero-order valence-electron chi connectivity index (χ0n) is 17.5. The Morgan fingerprint density at radius 1 is 1.19 bits per heavy atom. The third kappa shape index (κ3) is 2.54. The lowest BCUT2D eigenvalue weighted by Crippen LogP contribution is -2.59. The Bertz CT molecular complexity index is 673. The molecule has 1 heterocycles. The molecule has 0 aromatic carbocycles. The largest absolute Gasteiger partial charge is 0.469 e. The molecule has 0 spiro atoms. The Hall–Kier alpha value is -1.32. The van der Waals surface area contributed by atoms with Crippen LogP contribution < -0.4 is 0 Å². The predicted octanol–water partition coefficient (Wildman–Crippen LogP) is 4.05. The number of rotatable bonds is 2. The fourth-order valence-electron chi connectivity index (χ4n) is 7.95. The Balaban J connectivity index is 1.62. The van der Waals surface area contributed by atoms with Crippen LogP contribution in [0.1, 0.15) is 59.3 Å². The van der Waals surface area contributed by atoms with Gasteiger partial charge in [0.2, 0.25) is 5.91 Å². The van der Waals surface area contributed by atoms with Crippen molar-refractivity contribution in [2.75, 3.05) is 14.2 Å². The van der Waals surface area contributed by atoms with Crippen LogP contribution in [0.5, 0.6) is 0 Å². The summed E-state index contributed by atoms with van der Waals surface area (Å²) >= 11 is 0. The number of hydrogen-bond donors (Lipinski definition) is 0. The van der Waals surface area contributed by atoms with Gasteiger partial charge in [0, 0.05) is 18.5 Å². The molecule has 8 atom stereocenters. The minimum Gasteiger partial charge on any atom is -0.469 e. The Labute approximate surface area is 163 Å². The molecule has 4 rings (SSSR count). The average molecular weight is 374 g/mol. The maximum absolute atomic E-state index is 12.2. The number of fused-ring (bicyclic) bond motifs is 5. The smallest absolute Gasteiger partial charge is 0.308 e. The Morgan fingerprint density at radius 3 is 2.63 bits per heavy atom. The molecule has 0 aromatic heterocycles. The molecule has 0 radical (unpaired) electrons. The monoisotopic (exact) mass is 373 g/mol. The summed E-state index contributed by atoms with van der Waals surface area (Å²) in [6.07, 6.45) is 11.2. The first-order valence-electron chi connectivity index (χ1n) is 10.8. The summed E-state index contributed by atoms with van der Waals surface area (Å²) in [5, 5.41) is 0. The van der Waals surface area contributed by atoms with Gasteiger partial charge in [-0.05, 0) is 73.7 Å². The molecule has 1 amide bonds. The minimum atomic E-state index is -0.0463. The Morgan fingerprint density at radius 2 is 1.93 bits per heavy atom. The van der Waals surface area contributed by atoms with E-state index in [1.165, 1.54) is 32.8 Å². The molecule has 0 saturated heterocycles. The normalized spacial score (nSPS) is 47.1. The number of likely N-dealkylation sites (N-methyl/N-ethyl adjacent to an activating group) is 1. The van der Waals surface area contributed by atoms with Gasteiger partial charge in [0.15, 0.2) is 0 Å². The Kier molecular flexibility index (Phi) is 4.47. The maximum Gasteiger partial charge on any atom is 0.308 e. The molecule has 3 saturated carbocycles. The molecule has 0 bridgehead atoms. The lowest BCUT2D eigenvalue weighted by Gasteiger charge is -2.60. The van der Waals surface area contributed by atoms with Crippen molar-refractivity contribution in [1.29, 1.82) is 0 Å². The number of ether oxygens (including phenoxy) is 1. The van der Waals surface area contributed by atoms with Crippen LogP contribution in [0, 0.1) is 40.4 Å². The van der Waals surface area contributed by atoms with Gasteiger partial charge in [0.05, 0.1) is 13.0 Å². The highest BCUT2D eigenvalue weighted by atomic mass is 16.5. The van der Waals surface area contributed by atoms with Crippen molar-refractivity contribution in [3.05, 3.63) is 12.2 Å². The fourth-order valence-corrected chi connectivity index (χ4v) is 7.95. The summed E-state index contributed by atoms with van der Waals surface area (Å²) in [6, 6.07) is 0.340. The van der Waals surface area contributed by atoms with Gasteiger partial charge in [-0.2, -0.15) is 0 Å². The molecule has 4 heteroatoms. The first-order chi connectivity index (χ1) is 12.7. The van der Waals surface area contributed by atoms with Crippen LogP contribution in [-0.2, 0) is 14.3 Å². The third-order valence-electron chi connectivity index (χ3n) is 9.38. The van der Waals surface area contributed by atoms with Crippen molar-refractivity contribution < 1.29 is 14.3 Å². The average Bonchev–Trinajstić information content (AvgIpc) is 3.01. The van der Waals surface area contributed by atoms with E-state index in [4.69, 9.17) is 4.74 Å². The van der Waals surface area contributed by atoms with Crippen LogP contribution in [-0.4, -0.2) is 37.0 Å². The van der Waals surface area contributed by atoms with Crippen molar-refractivity contribution in [3.63, 3.8) is 0 Å². The van der Waals surface area contributed by atoms with Crippen molar-refractivity contribution in [2.24, 2.45) is 40.4 Å². The van der Waals surface area contributed by atoms with E-state index in [2.05, 4.69) is 26.8 Å². The molecule has 1 aliphatic heterocycles. The van der Waals surface area contributed by atoms with Crippen LogP contribution in [0.2, 0.25) is 0 Å². The molecule has 0 N–H and O–H groups in total. The van der Waals surface area contributed by atoms with E-state index < -0.39 is 0 Å². The zero-order chi connectivity index (χ0) is 19.6. The summed E-state index contributed by atoms with van der Waals surface area (Å²) in [6.45, 7) is 6.91. The van der Waals surface area contributed by atoms with E-state index in [0.717, 1.165) is 12.8 Å². The summed E-state index contributed by atoms with van der Waals surface area (Å²) < 4.78 is 5.08. The standard InChI is InChI=1S/C23H35NO3/c1-14(21(26)27-5)16-7-8-17-15-6-9-19-23(3,13-11-20(25)24(19)4)18(15)10-12-22(16,17)2/h11,13-19H,6-10,12H2,1-5H3/t14-,15-,16+,17-,18-,19+,22+,23+/m0/s1. The number of carbonyl (C=O) groups excluding carboxylic acids is 2. The second kappa shape index (κ2) is 6.35. The van der Waals surface area contributed by atoms with E-state index in [9.17, 15) is 9.59 Å². The molecule has 27 heavy (non-hydrogen) atoms. The van der Waals surface area contributed by atoms with Gasteiger partial charge in [0.1, 0.15) is 0 Å². The summed E-state index contributed by atoms with van der Waals surface area (Å²) in [4.78, 5) is 26.4. The third-order valence-corrected chi connectivity index (χ3v) is 9.38. The van der Waals surface area contributed by atoms with Gasteiger partial charge in [0.25, 0.3) is 0 Å². The molecule has 150 valence electrons. The highest BCUT2D eigenvalue weighted by Gasteiger charge is 2.61. The van der Waals surface area contributed by atoms with Gasteiger partial charge < -0.3 is 9.64 Å². The van der Waals surface area contributed by atoms with Crippen LogP contribution in [0.15, 0.2) is 12.2 Å². The molecule has 4 aliphatic rings. The van der Waals surface area contributed by atoms with E-state index in [1.807, 2.05) is 18.0 Å². The molecule has 0 aromatic rings. The molecule has 3 fully saturated rings. The van der Waals surface area contributed by atoms with Gasteiger partial charge in [-0.15, -0.1) is 0 Å². The van der Waals surface area contributed by atoms with Crippen LogP contribution in [0.4, 0.5) is 0 Å². The molecule has 0 unspecified atom stereocenters. The molecule has 4 nitrogen and oxygen atoms in total. The van der Waals surface area contributed by atoms with Crippen molar-refractivity contribution >= 4 is 11.9 Å². The van der Waals surface area contributed by atoms with Crippen LogP contribution >= 0.6 is 0 Å². The topological polar surface area (TPSA) is 46.6 Å². The number of carbonyl (C=O) groups is 2. The number of esters is 1. The number of hydrogen-bond acceptors (Lipinski definition) is 3. The minimum absolute atomic E-state index is 0.00759. The highest BCUT2D eigenvalue weighted by Crippen LogP contribution is 2.66. The van der Waals surface area contributed by atoms with Gasteiger partial charge in [-0.3, -0.25) is 9.59 Å². The first-order valence-corrected chi connectivity index (χ1v) is 10.8. The zero-order valence-corrected chi connectivity index (χ0v) is 17.5. The molecular weight excluding hydrogens is 338 g/mol. The molecular formula is C23H35NO3. The number of methoxy groups -OCH3 is 1. The number of amides is 1. The second-order valence-electron chi connectivity index (χ2n) is 10.2. The van der Waals surface area contributed by atoms with Crippen molar-refractivity contribution in [2.45, 2.75) is 65.3 Å². The van der Waals surface area contributed by atoms with Crippen molar-refractivity contribution in [1.82, 2.24) is 4.90 Å². The van der Waals surface area contributed by atoms with E-state index >= 15 is 0 Å². The van der Waals surface area contributed by atoms with Gasteiger partial charge in [-0.25, -0.2) is 0 Å². The SMILES string of the molecule is COC(=O)[C@@H](C)[C@H]1CC[C@H]2[C@@H]3CC[C@H]4N(C)C(=O)C=C[C@]4(C)[C@H]3CC[C@]12C. The van der Waals surface area contributed by atoms with Gasteiger partial charge >= 0.3 is 5.97 Å². The van der Waals surface area contributed by atoms with E-state index in [-0.39, 0.29) is 28.6 Å². The van der Waals surface area contributed by atoms with Gasteiger partial charge in [-0.1, -0.05) is 26.8 Å². The highest BCUT2D eigenvalue weighted by molar-refractivity contribution is 5.89. The maximum atomic E-state index is 12.2.